The number of ether oxygens (including phenoxy) is 6. The molecule has 4 heterocycles. The topological polar surface area (TPSA) is 164 Å². The molecule has 0 radical (unpaired) electrons. The van der Waals surface area contributed by atoms with Crippen molar-refractivity contribution in [2.24, 2.45) is 28.8 Å². The highest BCUT2D eigenvalue weighted by molar-refractivity contribution is 5.87. The van der Waals surface area contributed by atoms with Crippen molar-refractivity contribution in [1.82, 2.24) is 10.2 Å². The van der Waals surface area contributed by atoms with Gasteiger partial charge in [0.2, 0.25) is 0 Å². The van der Waals surface area contributed by atoms with Crippen LogP contribution in [0.25, 0.3) is 0 Å². The number of likely N-dealkylation sites (N-methyl/N-ethyl adjacent to an activating group) is 1. The van der Waals surface area contributed by atoms with Gasteiger partial charge in [-0.15, -0.1) is 0 Å². The van der Waals surface area contributed by atoms with Gasteiger partial charge in [-0.1, -0.05) is 63.2 Å². The maximum atomic E-state index is 14.5. The number of benzene rings is 1. The highest BCUT2D eigenvalue weighted by atomic mass is 16.7. The number of alkyl carbamates (subject to hydrolysis) is 1. The van der Waals surface area contributed by atoms with Crippen LogP contribution in [0.1, 0.15) is 80.2 Å². The Bertz CT molecular complexity index is 1510. The van der Waals surface area contributed by atoms with Gasteiger partial charge in [0.25, 0.3) is 0 Å². The Hall–Kier alpha value is -3.14. The zero-order valence-electron chi connectivity index (χ0n) is 34.2. The number of aliphatic hydroxyl groups is 1. The lowest BCUT2D eigenvalue weighted by Crippen LogP contribution is -2.60. The quantitative estimate of drug-likeness (QED) is 0.219. The van der Waals surface area contributed by atoms with Crippen LogP contribution < -0.4 is 5.32 Å². The van der Waals surface area contributed by atoms with Crippen LogP contribution >= 0.6 is 0 Å². The largest absolute Gasteiger partial charge is 0.458 e. The zero-order chi connectivity index (χ0) is 40.2. The van der Waals surface area contributed by atoms with Gasteiger partial charge in [-0.3, -0.25) is 9.59 Å². The van der Waals surface area contributed by atoms with E-state index in [1.807, 2.05) is 83.9 Å². The van der Waals surface area contributed by atoms with Crippen LogP contribution in [0.3, 0.4) is 0 Å². The van der Waals surface area contributed by atoms with E-state index in [0.717, 1.165) is 5.56 Å². The predicted octanol–water partition coefficient (Wildman–Crippen LogP) is 4.29. The van der Waals surface area contributed by atoms with Crippen molar-refractivity contribution in [1.29, 1.82) is 0 Å². The fraction of sp³-hybridized carbons (Fsp3) is 0.756. The lowest BCUT2D eigenvalue weighted by Gasteiger charge is -2.48. The summed E-state index contributed by atoms with van der Waals surface area (Å²) in [4.78, 5) is 49.3. The molecule has 2 N–H and O–H groups in total. The van der Waals surface area contributed by atoms with Crippen LogP contribution in [-0.2, 0) is 49.3 Å². The SMILES string of the molecule is CC[C@H]1OC(=O)[C@H](C)[C@H]2OC/C(=N/OCCc3ccccc3)CO[C@](C)(C[C@@H](C)C(=O)[C@H](C)[C@@H]3NC(=O)O[C@]13C)[C@H](OC1O[C@H](C)C[C@H](N(C)C)[C@H]1O)[C@@H]2C. The van der Waals surface area contributed by atoms with Gasteiger partial charge >= 0.3 is 12.1 Å². The Morgan fingerprint density at radius 3 is 2.40 bits per heavy atom. The molecule has 14 heteroatoms. The molecule has 0 aromatic heterocycles. The number of rotatable bonds is 8. The van der Waals surface area contributed by atoms with E-state index in [4.69, 9.17) is 33.3 Å². The van der Waals surface area contributed by atoms with Gasteiger partial charge in [0.15, 0.2) is 11.9 Å². The first-order valence-corrected chi connectivity index (χ1v) is 19.8. The standard InChI is InChI=1S/C41H63N3O11/c1-11-31-41(8)35(42-39(48)55-41)25(4)32(45)23(2)20-40(7)36(54-38-33(46)30(44(9)10)19-24(3)52-38)26(5)34(27(6)37(47)53-31)49-21-29(22-50-40)43-51-18-17-28-15-13-12-14-16-28/h12-16,23-27,30-31,33-36,38,46H,11,17-22H2,1-10H3,(H,42,48)/b43-29-/t23-,24-,25+,26-,27-,30+,31-,33-,34+,35+,36-,38?,40-,41-/m1/s1. The van der Waals surface area contributed by atoms with E-state index in [1.54, 1.807) is 20.8 Å². The first-order valence-electron chi connectivity index (χ1n) is 19.8. The van der Waals surface area contributed by atoms with Gasteiger partial charge in [-0.25, -0.2) is 4.79 Å². The molecular formula is C41H63N3O11. The highest BCUT2D eigenvalue weighted by Gasteiger charge is 2.57. The van der Waals surface area contributed by atoms with E-state index in [-0.39, 0.29) is 37.6 Å². The summed E-state index contributed by atoms with van der Waals surface area (Å²) >= 11 is 0. The molecule has 4 fully saturated rings. The summed E-state index contributed by atoms with van der Waals surface area (Å²) in [5.41, 5.74) is -0.975. The molecule has 4 aliphatic heterocycles. The minimum absolute atomic E-state index is 0.0207. The molecule has 1 amide bonds. The Kier molecular flexibility index (Phi) is 14.1. The van der Waals surface area contributed by atoms with Crippen LogP contribution in [0.4, 0.5) is 4.79 Å². The van der Waals surface area contributed by atoms with E-state index in [2.05, 4.69) is 10.5 Å². The Balaban J connectivity index is 1.57. The number of aliphatic hydroxyl groups excluding tert-OH is 1. The van der Waals surface area contributed by atoms with Crippen molar-refractivity contribution in [3.8, 4) is 0 Å². The molecule has 2 bridgehead atoms. The summed E-state index contributed by atoms with van der Waals surface area (Å²) in [6, 6.07) is 8.92. The molecule has 1 unspecified atom stereocenters. The number of cyclic esters (lactones) is 1. The van der Waals surface area contributed by atoms with Gasteiger partial charge < -0.3 is 48.6 Å². The second-order valence-corrected chi connectivity index (χ2v) is 16.7. The molecule has 1 aromatic rings. The summed E-state index contributed by atoms with van der Waals surface area (Å²) in [5, 5.41) is 18.9. The third kappa shape index (κ3) is 9.53. The number of Topliss-reactive ketones (excluding diaryl/α,β-unsaturated/α-hetero) is 1. The second-order valence-electron chi connectivity index (χ2n) is 16.7. The van der Waals surface area contributed by atoms with Gasteiger partial charge in [-0.05, 0) is 66.6 Å². The van der Waals surface area contributed by atoms with Gasteiger partial charge in [0.1, 0.15) is 30.3 Å². The minimum atomic E-state index is -1.31. The predicted molar refractivity (Wildman–Crippen MR) is 203 cm³/mol. The van der Waals surface area contributed by atoms with Crippen molar-refractivity contribution < 1.29 is 52.7 Å². The number of amides is 1. The molecule has 0 saturated carbocycles. The zero-order valence-corrected chi connectivity index (χ0v) is 34.2. The number of hydrogen-bond acceptors (Lipinski definition) is 13. The number of carbonyl (C=O) groups is 3. The summed E-state index contributed by atoms with van der Waals surface area (Å²) in [5.74, 6) is -3.44. The average molecular weight is 774 g/mol. The smallest absolute Gasteiger partial charge is 0.408 e. The second kappa shape index (κ2) is 18.0. The number of hydrogen-bond donors (Lipinski definition) is 2. The Morgan fingerprint density at radius 2 is 1.73 bits per heavy atom. The number of nitrogens with one attached hydrogen (secondary N) is 1. The molecule has 4 aliphatic rings. The lowest BCUT2D eigenvalue weighted by atomic mass is 9.73. The molecule has 14 nitrogen and oxygen atoms in total. The van der Waals surface area contributed by atoms with Crippen LogP contribution in [-0.4, -0.2) is 128 Å². The van der Waals surface area contributed by atoms with Crippen molar-refractivity contribution in [2.75, 3.05) is 33.9 Å². The van der Waals surface area contributed by atoms with Crippen molar-refractivity contribution in [3.63, 3.8) is 0 Å². The van der Waals surface area contributed by atoms with E-state index in [9.17, 15) is 19.5 Å². The van der Waals surface area contributed by atoms with E-state index >= 15 is 0 Å². The average Bonchev–Trinajstić information content (AvgIpc) is 3.48. The monoisotopic (exact) mass is 773 g/mol. The summed E-state index contributed by atoms with van der Waals surface area (Å²) in [6.07, 6.45) is -3.76. The van der Waals surface area contributed by atoms with E-state index < -0.39 is 83.7 Å². The maximum absolute atomic E-state index is 14.5. The van der Waals surface area contributed by atoms with Crippen molar-refractivity contribution in [2.45, 2.75) is 141 Å². The van der Waals surface area contributed by atoms with Crippen LogP contribution in [0.5, 0.6) is 0 Å². The molecule has 5 rings (SSSR count). The molecule has 55 heavy (non-hydrogen) atoms. The summed E-state index contributed by atoms with van der Waals surface area (Å²) in [7, 11) is 3.81. The first kappa shape index (κ1) is 43.0. The molecule has 308 valence electrons. The summed E-state index contributed by atoms with van der Waals surface area (Å²) < 4.78 is 38.7. The number of oxime groups is 1. The van der Waals surface area contributed by atoms with Gasteiger partial charge in [0.05, 0.1) is 49.1 Å². The van der Waals surface area contributed by atoms with Crippen LogP contribution in [0.15, 0.2) is 35.5 Å². The molecular weight excluding hydrogens is 710 g/mol. The van der Waals surface area contributed by atoms with Gasteiger partial charge in [0, 0.05) is 30.2 Å². The minimum Gasteiger partial charge on any atom is -0.458 e. The number of fused-ring (bicyclic) bond motifs is 4. The molecule has 0 spiro atoms. The number of ketones is 1. The molecule has 4 saturated heterocycles. The van der Waals surface area contributed by atoms with Crippen LogP contribution in [0, 0.1) is 23.7 Å². The van der Waals surface area contributed by atoms with Crippen molar-refractivity contribution >= 4 is 23.6 Å². The van der Waals surface area contributed by atoms with Crippen molar-refractivity contribution in [3.05, 3.63) is 35.9 Å². The number of nitrogens with zero attached hydrogens (tertiary/aromatic N) is 2. The third-order valence-corrected chi connectivity index (χ3v) is 12.2. The van der Waals surface area contributed by atoms with Gasteiger partial charge in [-0.2, -0.15) is 0 Å². The summed E-state index contributed by atoms with van der Waals surface area (Å²) in [6.45, 7) is 14.9. The number of esters is 1. The highest BCUT2D eigenvalue weighted by Crippen LogP contribution is 2.42. The van der Waals surface area contributed by atoms with E-state index in [1.165, 1.54) is 0 Å². The Morgan fingerprint density at radius 1 is 1.02 bits per heavy atom. The number of carbonyl (C=O) groups excluding carboxylic acids is 3. The molecule has 14 atom stereocenters. The fourth-order valence-corrected chi connectivity index (χ4v) is 9.04. The fourth-order valence-electron chi connectivity index (χ4n) is 9.04. The van der Waals surface area contributed by atoms with E-state index in [0.29, 0.717) is 31.6 Å². The first-order chi connectivity index (χ1) is 26.0. The lowest BCUT2D eigenvalue weighted by molar-refractivity contribution is -0.302. The normalized spacial score (nSPS) is 41.3. The maximum Gasteiger partial charge on any atom is 0.408 e. The van der Waals surface area contributed by atoms with Crippen LogP contribution in [0.2, 0.25) is 0 Å². The third-order valence-electron chi connectivity index (χ3n) is 12.2. The Labute approximate surface area is 325 Å². The molecule has 1 aromatic carbocycles. The molecule has 0 aliphatic carbocycles.